The molecule has 0 saturated heterocycles. The van der Waals surface area contributed by atoms with Gasteiger partial charge in [0.2, 0.25) is 15.9 Å². The van der Waals surface area contributed by atoms with Crippen LogP contribution in [0.25, 0.3) is 0 Å². The molecule has 8 nitrogen and oxygen atoms in total. The monoisotopic (exact) mass is 515 g/mol. The lowest BCUT2D eigenvalue weighted by Gasteiger charge is -2.28. The molecule has 0 fully saturated rings. The number of anilines is 3. The van der Waals surface area contributed by atoms with Crippen molar-refractivity contribution in [1.29, 1.82) is 0 Å². The Bertz CT molecular complexity index is 1430. The third-order valence-corrected chi connectivity index (χ3v) is 8.06. The molecule has 1 amide bonds. The first kappa shape index (κ1) is 26.2. The first-order chi connectivity index (χ1) is 16.3. The first-order valence-corrected chi connectivity index (χ1v) is 14.2. The average molecular weight is 516 g/mol. The second-order valence-corrected chi connectivity index (χ2v) is 12.0. The van der Waals surface area contributed by atoms with E-state index in [1.54, 1.807) is 30.3 Å². The van der Waals surface area contributed by atoms with Crippen molar-refractivity contribution in [1.82, 2.24) is 0 Å². The summed E-state index contributed by atoms with van der Waals surface area (Å²) < 4.78 is 54.1. The summed E-state index contributed by atoms with van der Waals surface area (Å²) in [4.78, 5) is 12.9. The van der Waals surface area contributed by atoms with Gasteiger partial charge in [0.15, 0.2) is 0 Å². The molecule has 35 heavy (non-hydrogen) atoms. The molecule has 186 valence electrons. The van der Waals surface area contributed by atoms with Crippen molar-refractivity contribution in [3.05, 3.63) is 83.4 Å². The quantitative estimate of drug-likeness (QED) is 0.467. The molecule has 0 aromatic heterocycles. The second-order valence-electron chi connectivity index (χ2n) is 8.51. The third kappa shape index (κ3) is 6.40. The fourth-order valence-corrected chi connectivity index (χ4v) is 5.90. The highest BCUT2D eigenvalue weighted by atomic mass is 32.2. The Morgan fingerprint density at radius 2 is 1.40 bits per heavy atom. The third-order valence-electron chi connectivity index (χ3n) is 5.44. The predicted molar refractivity (Wildman–Crippen MR) is 140 cm³/mol. The van der Waals surface area contributed by atoms with E-state index in [1.807, 2.05) is 32.9 Å². The fraction of sp³-hybridized carbons (Fsp3) is 0.240. The van der Waals surface area contributed by atoms with Crippen molar-refractivity contribution in [3.63, 3.8) is 0 Å². The number of aryl methyl sites for hydroxylation is 3. The van der Waals surface area contributed by atoms with Gasteiger partial charge < -0.3 is 5.32 Å². The molecule has 0 bridgehead atoms. The van der Waals surface area contributed by atoms with E-state index in [9.17, 15) is 21.6 Å². The van der Waals surface area contributed by atoms with Gasteiger partial charge in [-0.3, -0.25) is 13.8 Å². The van der Waals surface area contributed by atoms with Crippen LogP contribution in [0, 0.1) is 20.8 Å². The van der Waals surface area contributed by atoms with Crippen molar-refractivity contribution in [2.45, 2.75) is 38.6 Å². The number of sulfonamides is 2. The van der Waals surface area contributed by atoms with Gasteiger partial charge in [0, 0.05) is 5.69 Å². The molecule has 0 aliphatic heterocycles. The summed E-state index contributed by atoms with van der Waals surface area (Å²) >= 11 is 0. The average Bonchev–Trinajstić information content (AvgIpc) is 2.76. The number of nitrogens with zero attached hydrogens (tertiary/aromatic N) is 1. The van der Waals surface area contributed by atoms with Crippen LogP contribution in [0.15, 0.2) is 71.6 Å². The number of amides is 1. The summed E-state index contributed by atoms with van der Waals surface area (Å²) in [5.74, 6) is -0.556. The minimum Gasteiger partial charge on any atom is -0.324 e. The normalized spacial score (nSPS) is 12.6. The molecule has 0 heterocycles. The van der Waals surface area contributed by atoms with E-state index in [0.29, 0.717) is 17.1 Å². The maximum absolute atomic E-state index is 12.9. The number of carbonyl (C=O) groups excluding carboxylic acids is 1. The summed E-state index contributed by atoms with van der Waals surface area (Å²) in [6, 6.07) is 16.9. The molecule has 0 aliphatic rings. The zero-order valence-electron chi connectivity index (χ0n) is 20.2. The van der Waals surface area contributed by atoms with Gasteiger partial charge in [0.25, 0.3) is 10.0 Å². The zero-order valence-corrected chi connectivity index (χ0v) is 21.9. The molecule has 0 saturated carbocycles. The molecule has 0 aliphatic carbocycles. The highest BCUT2D eigenvalue weighted by Gasteiger charge is 2.29. The maximum Gasteiger partial charge on any atom is 0.261 e. The minimum atomic E-state index is -3.83. The lowest BCUT2D eigenvalue weighted by atomic mass is 10.1. The van der Waals surface area contributed by atoms with Gasteiger partial charge in [-0.05, 0) is 75.7 Å². The lowest BCUT2D eigenvalue weighted by molar-refractivity contribution is -0.116. The van der Waals surface area contributed by atoms with Gasteiger partial charge in [0.1, 0.15) is 6.04 Å². The molecular weight excluding hydrogens is 486 g/mol. The largest absolute Gasteiger partial charge is 0.324 e. The van der Waals surface area contributed by atoms with Gasteiger partial charge in [-0.25, -0.2) is 16.8 Å². The maximum atomic E-state index is 12.9. The topological polar surface area (TPSA) is 113 Å². The van der Waals surface area contributed by atoms with Crippen LogP contribution in [0.3, 0.4) is 0 Å². The Morgan fingerprint density at radius 3 is 1.94 bits per heavy atom. The Labute approximate surface area is 207 Å². The molecule has 0 unspecified atom stereocenters. The molecule has 3 aromatic carbocycles. The van der Waals surface area contributed by atoms with Crippen molar-refractivity contribution in [2.24, 2.45) is 0 Å². The van der Waals surface area contributed by atoms with E-state index in [-0.39, 0.29) is 4.90 Å². The summed E-state index contributed by atoms with van der Waals surface area (Å²) in [7, 11) is -7.58. The van der Waals surface area contributed by atoms with Gasteiger partial charge in [-0.15, -0.1) is 0 Å². The standard InChI is InChI=1S/C25H29N3O5S2/c1-17-6-11-22(12-7-17)28(34(5,30)31)20(4)25(29)26-21-9-13-23(14-10-21)35(32,33)27-24-15-8-18(2)16-19(24)3/h6-16,20,27H,1-5H3,(H,26,29)/t20-/m1/s1. The second kappa shape index (κ2) is 10.1. The molecule has 3 rings (SSSR count). The van der Waals surface area contributed by atoms with Crippen LogP contribution in [0.2, 0.25) is 0 Å². The molecule has 2 N–H and O–H groups in total. The Morgan fingerprint density at radius 1 is 0.829 bits per heavy atom. The van der Waals surface area contributed by atoms with Crippen LogP contribution in [0.4, 0.5) is 17.1 Å². The highest BCUT2D eigenvalue weighted by Crippen LogP contribution is 2.24. The van der Waals surface area contributed by atoms with E-state index >= 15 is 0 Å². The highest BCUT2D eigenvalue weighted by molar-refractivity contribution is 7.92. The van der Waals surface area contributed by atoms with Crippen LogP contribution in [-0.4, -0.2) is 35.0 Å². The van der Waals surface area contributed by atoms with E-state index in [2.05, 4.69) is 10.0 Å². The molecule has 0 spiro atoms. The molecular formula is C25H29N3O5S2. The van der Waals surface area contributed by atoms with Crippen LogP contribution in [0.1, 0.15) is 23.6 Å². The van der Waals surface area contributed by atoms with E-state index in [0.717, 1.165) is 27.3 Å². The first-order valence-electron chi connectivity index (χ1n) is 10.8. The molecule has 10 heteroatoms. The van der Waals surface area contributed by atoms with Gasteiger partial charge in [0.05, 0.1) is 22.5 Å². The Hall–Kier alpha value is -3.37. The summed E-state index contributed by atoms with van der Waals surface area (Å²) in [6.45, 7) is 7.12. The van der Waals surface area contributed by atoms with E-state index < -0.39 is 32.0 Å². The SMILES string of the molecule is Cc1ccc(N([C@H](C)C(=O)Nc2ccc(S(=O)(=O)Nc3ccc(C)cc3C)cc2)S(C)(=O)=O)cc1. The van der Waals surface area contributed by atoms with Gasteiger partial charge in [-0.2, -0.15) is 0 Å². The summed E-state index contributed by atoms with van der Waals surface area (Å²) in [5.41, 5.74) is 3.98. The van der Waals surface area contributed by atoms with Crippen molar-refractivity contribution >= 4 is 43.0 Å². The number of benzene rings is 3. The van der Waals surface area contributed by atoms with Crippen molar-refractivity contribution in [3.8, 4) is 0 Å². The Balaban J connectivity index is 1.76. The number of rotatable bonds is 8. The van der Waals surface area contributed by atoms with Crippen molar-refractivity contribution < 1.29 is 21.6 Å². The Kier molecular flexibility index (Phi) is 7.56. The van der Waals surface area contributed by atoms with Crippen LogP contribution >= 0.6 is 0 Å². The minimum absolute atomic E-state index is 0.0286. The number of carbonyl (C=O) groups is 1. The van der Waals surface area contributed by atoms with Crippen LogP contribution in [-0.2, 0) is 24.8 Å². The number of nitrogens with one attached hydrogen (secondary N) is 2. The molecule has 0 radical (unpaired) electrons. The van der Waals surface area contributed by atoms with Gasteiger partial charge in [-0.1, -0.05) is 35.4 Å². The predicted octanol–water partition coefficient (Wildman–Crippen LogP) is 4.21. The van der Waals surface area contributed by atoms with Crippen LogP contribution < -0.4 is 14.3 Å². The lowest BCUT2D eigenvalue weighted by Crippen LogP contribution is -2.45. The summed E-state index contributed by atoms with van der Waals surface area (Å²) in [6.07, 6.45) is 1.04. The number of hydrogen-bond acceptors (Lipinski definition) is 5. The van der Waals surface area contributed by atoms with Gasteiger partial charge >= 0.3 is 0 Å². The molecule has 3 aromatic rings. The summed E-state index contributed by atoms with van der Waals surface area (Å²) in [5, 5.41) is 2.66. The smallest absolute Gasteiger partial charge is 0.261 e. The zero-order chi connectivity index (χ0) is 26.0. The van der Waals surface area contributed by atoms with Crippen LogP contribution in [0.5, 0.6) is 0 Å². The number of hydrogen-bond donors (Lipinski definition) is 2. The van der Waals surface area contributed by atoms with E-state index in [4.69, 9.17) is 0 Å². The fourth-order valence-electron chi connectivity index (χ4n) is 3.60. The van der Waals surface area contributed by atoms with Crippen molar-refractivity contribution in [2.75, 3.05) is 20.6 Å². The molecule has 1 atom stereocenters. The van der Waals surface area contributed by atoms with E-state index in [1.165, 1.54) is 31.2 Å².